The summed E-state index contributed by atoms with van der Waals surface area (Å²) in [7, 11) is 4.93. The van der Waals surface area contributed by atoms with E-state index in [1.165, 1.54) is 5.56 Å². The molecule has 7 nitrogen and oxygen atoms in total. The van der Waals surface area contributed by atoms with Crippen molar-refractivity contribution in [1.29, 1.82) is 0 Å². The lowest BCUT2D eigenvalue weighted by Crippen LogP contribution is -2.40. The lowest BCUT2D eigenvalue weighted by molar-refractivity contribution is 0.0652. The summed E-state index contributed by atoms with van der Waals surface area (Å²) >= 11 is 0. The van der Waals surface area contributed by atoms with Gasteiger partial charge in [0, 0.05) is 45.9 Å². The minimum Gasteiger partial charge on any atom is -0.493 e. The van der Waals surface area contributed by atoms with Crippen LogP contribution < -0.4 is 14.8 Å². The first-order valence-electron chi connectivity index (χ1n) is 12.0. The average molecular weight is 471 g/mol. The molecule has 0 aliphatic carbocycles. The van der Waals surface area contributed by atoms with Crippen molar-refractivity contribution in [1.82, 2.24) is 10.2 Å². The molecule has 1 heterocycles. The Kier molecular flexibility index (Phi) is 10.7. The van der Waals surface area contributed by atoms with Crippen LogP contribution in [-0.4, -0.2) is 78.1 Å². The molecule has 0 aromatic heterocycles. The molecule has 0 bridgehead atoms. The van der Waals surface area contributed by atoms with Gasteiger partial charge in [-0.05, 0) is 55.1 Å². The zero-order valence-electron chi connectivity index (χ0n) is 20.6. The Labute approximate surface area is 203 Å². The van der Waals surface area contributed by atoms with Crippen molar-refractivity contribution in [2.24, 2.45) is 11.8 Å². The van der Waals surface area contributed by atoms with Gasteiger partial charge in [-0.1, -0.05) is 30.3 Å². The summed E-state index contributed by atoms with van der Waals surface area (Å²) in [6.45, 7) is 4.70. The first kappa shape index (κ1) is 26.0. The second kappa shape index (κ2) is 13.9. The third-order valence-corrected chi connectivity index (χ3v) is 6.29. The number of carbonyl (C=O) groups excluding carboxylic acids is 1. The Morgan fingerprint density at radius 1 is 0.941 bits per heavy atom. The first-order valence-corrected chi connectivity index (χ1v) is 12.0. The summed E-state index contributed by atoms with van der Waals surface area (Å²) < 4.78 is 21.7. The van der Waals surface area contributed by atoms with Gasteiger partial charge >= 0.3 is 0 Å². The van der Waals surface area contributed by atoms with E-state index in [2.05, 4.69) is 29.6 Å². The summed E-state index contributed by atoms with van der Waals surface area (Å²) in [5.74, 6) is 2.02. The second-order valence-corrected chi connectivity index (χ2v) is 8.67. The summed E-state index contributed by atoms with van der Waals surface area (Å²) in [4.78, 5) is 15.5. The van der Waals surface area contributed by atoms with Crippen LogP contribution in [0.15, 0.2) is 48.5 Å². The van der Waals surface area contributed by atoms with Gasteiger partial charge < -0.3 is 29.2 Å². The Bertz CT molecular complexity index is 877. The summed E-state index contributed by atoms with van der Waals surface area (Å²) in [5.41, 5.74) is 1.92. The van der Waals surface area contributed by atoms with Gasteiger partial charge in [0.2, 0.25) is 0 Å². The molecule has 2 aromatic rings. The van der Waals surface area contributed by atoms with E-state index in [1.807, 2.05) is 11.0 Å². The molecule has 34 heavy (non-hydrogen) atoms. The highest BCUT2D eigenvalue weighted by Gasteiger charge is 2.30. The molecule has 7 heteroatoms. The molecule has 0 saturated carbocycles. The van der Waals surface area contributed by atoms with Crippen LogP contribution >= 0.6 is 0 Å². The number of nitrogens with one attached hydrogen (secondary N) is 1. The lowest BCUT2D eigenvalue weighted by Gasteiger charge is -2.28. The van der Waals surface area contributed by atoms with Crippen LogP contribution in [0.5, 0.6) is 11.5 Å². The molecule has 2 aromatic carbocycles. The molecule has 1 aliphatic rings. The monoisotopic (exact) mass is 470 g/mol. The van der Waals surface area contributed by atoms with Crippen molar-refractivity contribution in [3.05, 3.63) is 59.7 Å². The molecule has 186 valence electrons. The highest BCUT2D eigenvalue weighted by atomic mass is 16.5. The molecule has 1 fully saturated rings. The number of methoxy groups -OCH3 is 3. The number of nitrogens with zero attached hydrogens (tertiary/aromatic N) is 1. The van der Waals surface area contributed by atoms with E-state index in [-0.39, 0.29) is 5.91 Å². The SMILES string of the molecule is COCCCOc1cc(C(=O)N(CCOC)CC2CNCC2Cc2ccccc2)ccc1OC. The second-order valence-electron chi connectivity index (χ2n) is 8.67. The number of ether oxygens (including phenoxy) is 4. The number of amides is 1. The van der Waals surface area contributed by atoms with Gasteiger partial charge in [0.05, 0.1) is 20.3 Å². The van der Waals surface area contributed by atoms with Crippen LogP contribution in [0, 0.1) is 11.8 Å². The predicted molar refractivity (Wildman–Crippen MR) is 133 cm³/mol. The molecule has 1 aliphatic heterocycles. The number of hydrogen-bond acceptors (Lipinski definition) is 6. The van der Waals surface area contributed by atoms with E-state index in [4.69, 9.17) is 18.9 Å². The van der Waals surface area contributed by atoms with Crippen LogP contribution in [0.3, 0.4) is 0 Å². The van der Waals surface area contributed by atoms with Crippen LogP contribution in [0.2, 0.25) is 0 Å². The van der Waals surface area contributed by atoms with E-state index in [1.54, 1.807) is 39.5 Å². The van der Waals surface area contributed by atoms with Gasteiger partial charge in [0.1, 0.15) is 0 Å². The van der Waals surface area contributed by atoms with Crippen LogP contribution in [-0.2, 0) is 15.9 Å². The smallest absolute Gasteiger partial charge is 0.254 e. The minimum atomic E-state index is -0.0215. The Morgan fingerprint density at radius 3 is 2.44 bits per heavy atom. The molecule has 3 rings (SSSR count). The number of carbonyl (C=O) groups is 1. The number of hydrogen-bond donors (Lipinski definition) is 1. The van der Waals surface area contributed by atoms with Gasteiger partial charge in [-0.25, -0.2) is 0 Å². The molecule has 2 atom stereocenters. The Morgan fingerprint density at radius 2 is 1.71 bits per heavy atom. The molecule has 0 spiro atoms. The molecular weight excluding hydrogens is 432 g/mol. The molecule has 1 amide bonds. The van der Waals surface area contributed by atoms with Crippen LogP contribution in [0.4, 0.5) is 0 Å². The first-order chi connectivity index (χ1) is 16.7. The third kappa shape index (κ3) is 7.45. The van der Waals surface area contributed by atoms with Crippen molar-refractivity contribution in [3.8, 4) is 11.5 Å². The van der Waals surface area contributed by atoms with Crippen LogP contribution in [0.1, 0.15) is 22.3 Å². The third-order valence-electron chi connectivity index (χ3n) is 6.29. The van der Waals surface area contributed by atoms with Crippen molar-refractivity contribution < 1.29 is 23.7 Å². The highest BCUT2D eigenvalue weighted by molar-refractivity contribution is 5.95. The summed E-state index contributed by atoms with van der Waals surface area (Å²) in [6.07, 6.45) is 1.77. The zero-order valence-corrected chi connectivity index (χ0v) is 20.6. The molecule has 2 unspecified atom stereocenters. The van der Waals surface area contributed by atoms with Gasteiger partial charge in [-0.15, -0.1) is 0 Å². The van der Waals surface area contributed by atoms with Crippen molar-refractivity contribution >= 4 is 5.91 Å². The van der Waals surface area contributed by atoms with E-state index in [0.29, 0.717) is 61.8 Å². The number of rotatable bonds is 14. The summed E-state index contributed by atoms with van der Waals surface area (Å²) in [6, 6.07) is 15.9. The maximum Gasteiger partial charge on any atom is 0.254 e. The van der Waals surface area contributed by atoms with Crippen molar-refractivity contribution in [3.63, 3.8) is 0 Å². The lowest BCUT2D eigenvalue weighted by atomic mass is 9.89. The molecular formula is C27H38N2O5. The Balaban J connectivity index is 1.71. The fourth-order valence-electron chi connectivity index (χ4n) is 4.41. The van der Waals surface area contributed by atoms with Gasteiger partial charge in [-0.3, -0.25) is 4.79 Å². The Hall–Kier alpha value is -2.61. The molecule has 1 N–H and O–H groups in total. The maximum absolute atomic E-state index is 13.6. The highest BCUT2D eigenvalue weighted by Crippen LogP contribution is 2.29. The van der Waals surface area contributed by atoms with E-state index < -0.39 is 0 Å². The minimum absolute atomic E-state index is 0.0215. The molecule has 1 saturated heterocycles. The van der Waals surface area contributed by atoms with Gasteiger partial charge in [-0.2, -0.15) is 0 Å². The van der Waals surface area contributed by atoms with Gasteiger partial charge in [0.25, 0.3) is 5.91 Å². The average Bonchev–Trinajstić information content (AvgIpc) is 3.30. The number of benzene rings is 2. The van der Waals surface area contributed by atoms with E-state index in [9.17, 15) is 4.79 Å². The van der Waals surface area contributed by atoms with E-state index >= 15 is 0 Å². The van der Waals surface area contributed by atoms with Gasteiger partial charge in [0.15, 0.2) is 11.5 Å². The quantitative estimate of drug-likeness (QED) is 0.428. The zero-order chi connectivity index (χ0) is 24.2. The normalized spacial score (nSPS) is 17.5. The van der Waals surface area contributed by atoms with Crippen molar-refractivity contribution in [2.45, 2.75) is 12.8 Å². The fraction of sp³-hybridized carbons (Fsp3) is 0.519. The van der Waals surface area contributed by atoms with E-state index in [0.717, 1.165) is 25.9 Å². The van der Waals surface area contributed by atoms with Crippen LogP contribution in [0.25, 0.3) is 0 Å². The topological polar surface area (TPSA) is 69.3 Å². The summed E-state index contributed by atoms with van der Waals surface area (Å²) in [5, 5.41) is 3.52. The van der Waals surface area contributed by atoms with Crippen molar-refractivity contribution in [2.75, 3.05) is 67.3 Å². The predicted octanol–water partition coefficient (Wildman–Crippen LogP) is 3.28. The maximum atomic E-state index is 13.6. The standard InChI is InChI=1S/C27H38N2O5/c1-31-13-7-14-34-26-17-22(10-11-25(26)33-3)27(30)29(12-15-32-2)20-24-19-28-18-23(24)16-21-8-5-4-6-9-21/h4-6,8-11,17,23-24,28H,7,12-16,18-20H2,1-3H3. The fourth-order valence-corrected chi connectivity index (χ4v) is 4.41. The molecule has 0 radical (unpaired) electrons. The largest absolute Gasteiger partial charge is 0.493 e.